The molecule has 0 amide bonds. The number of aromatic nitrogens is 2. The lowest BCUT2D eigenvalue weighted by atomic mass is 10.1. The predicted molar refractivity (Wildman–Crippen MR) is 80.1 cm³/mol. The topological polar surface area (TPSA) is 84.0 Å². The Morgan fingerprint density at radius 2 is 2.20 bits per heavy atom. The number of hydrogen-bond acceptors (Lipinski definition) is 6. The van der Waals surface area contributed by atoms with E-state index in [-0.39, 0.29) is 6.04 Å². The highest BCUT2D eigenvalue weighted by molar-refractivity contribution is 7.92. The molecule has 2 N–H and O–H groups in total. The average molecular weight is 312 g/mol. The molecule has 6 nitrogen and oxygen atoms in total. The molecule has 2 rings (SSSR count). The molecule has 0 aliphatic heterocycles. The lowest BCUT2D eigenvalue weighted by Crippen LogP contribution is -2.18. The van der Waals surface area contributed by atoms with E-state index in [1.165, 1.54) is 11.3 Å². The van der Waals surface area contributed by atoms with Gasteiger partial charge < -0.3 is 5.32 Å². The van der Waals surface area contributed by atoms with Crippen molar-refractivity contribution in [1.82, 2.24) is 15.5 Å². The number of sulfonamides is 1. The molecule has 1 unspecified atom stereocenters. The van der Waals surface area contributed by atoms with E-state index in [1.807, 2.05) is 25.1 Å². The molecule has 1 aromatic heterocycles. The first-order valence-corrected chi connectivity index (χ1v) is 8.77. The van der Waals surface area contributed by atoms with Crippen LogP contribution in [0.25, 0.3) is 0 Å². The van der Waals surface area contributed by atoms with Gasteiger partial charge in [0, 0.05) is 11.7 Å². The van der Waals surface area contributed by atoms with Crippen LogP contribution >= 0.6 is 11.3 Å². The lowest BCUT2D eigenvalue weighted by Gasteiger charge is -2.14. The fourth-order valence-electron chi connectivity index (χ4n) is 1.72. The summed E-state index contributed by atoms with van der Waals surface area (Å²) in [5.41, 5.74) is 3.26. The Labute approximate surface area is 122 Å². The van der Waals surface area contributed by atoms with Crippen molar-refractivity contribution >= 4 is 27.0 Å². The van der Waals surface area contributed by atoms with Gasteiger partial charge in [0.2, 0.25) is 10.0 Å². The van der Waals surface area contributed by atoms with Crippen LogP contribution in [0.15, 0.2) is 29.8 Å². The molecule has 0 aliphatic carbocycles. The van der Waals surface area contributed by atoms with Crippen molar-refractivity contribution in [2.45, 2.75) is 19.5 Å². The maximum Gasteiger partial charge on any atom is 0.229 e. The van der Waals surface area contributed by atoms with Crippen molar-refractivity contribution in [3.63, 3.8) is 0 Å². The second-order valence-corrected chi connectivity index (χ2v) is 7.10. The summed E-state index contributed by atoms with van der Waals surface area (Å²) in [5.74, 6) is 0. The van der Waals surface area contributed by atoms with Gasteiger partial charge in [-0.1, -0.05) is 12.1 Å². The molecule has 0 radical (unpaired) electrons. The Hall–Kier alpha value is -1.51. The van der Waals surface area contributed by atoms with E-state index < -0.39 is 10.0 Å². The normalized spacial score (nSPS) is 13.1. The highest BCUT2D eigenvalue weighted by Gasteiger charge is 2.08. The first-order chi connectivity index (χ1) is 9.44. The molecule has 0 aliphatic rings. The Kier molecular flexibility index (Phi) is 4.69. The summed E-state index contributed by atoms with van der Waals surface area (Å²) >= 11 is 1.49. The molecule has 0 bridgehead atoms. The maximum atomic E-state index is 11.2. The number of rotatable bonds is 6. The van der Waals surface area contributed by atoms with Crippen LogP contribution in [0.1, 0.15) is 23.5 Å². The SMILES string of the molecule is CC(NCc1nncs1)c1cccc(NS(C)(=O)=O)c1. The Bertz CT molecular complexity index is 656. The van der Waals surface area contributed by atoms with E-state index in [9.17, 15) is 8.42 Å². The number of nitrogens with one attached hydrogen (secondary N) is 2. The average Bonchev–Trinajstić information content (AvgIpc) is 2.87. The zero-order valence-corrected chi connectivity index (χ0v) is 12.8. The molecule has 1 aromatic carbocycles. The van der Waals surface area contributed by atoms with Gasteiger partial charge in [-0.15, -0.1) is 21.5 Å². The second-order valence-electron chi connectivity index (χ2n) is 4.43. The third-order valence-corrected chi connectivity index (χ3v) is 3.96. The quantitative estimate of drug-likeness (QED) is 0.849. The van der Waals surface area contributed by atoms with Gasteiger partial charge in [-0.05, 0) is 24.6 Å². The van der Waals surface area contributed by atoms with E-state index in [4.69, 9.17) is 0 Å². The number of hydrogen-bond donors (Lipinski definition) is 2. The monoisotopic (exact) mass is 312 g/mol. The third-order valence-electron chi connectivity index (χ3n) is 2.65. The molecule has 1 atom stereocenters. The van der Waals surface area contributed by atoms with Crippen molar-refractivity contribution in [3.8, 4) is 0 Å². The summed E-state index contributed by atoms with van der Waals surface area (Å²) in [4.78, 5) is 0. The van der Waals surface area contributed by atoms with Crippen LogP contribution in [0.4, 0.5) is 5.69 Å². The van der Waals surface area contributed by atoms with Crippen molar-refractivity contribution < 1.29 is 8.42 Å². The van der Waals surface area contributed by atoms with Gasteiger partial charge >= 0.3 is 0 Å². The van der Waals surface area contributed by atoms with E-state index in [0.29, 0.717) is 12.2 Å². The molecule has 1 heterocycles. The molecule has 0 fully saturated rings. The molecular weight excluding hydrogens is 296 g/mol. The van der Waals surface area contributed by atoms with Gasteiger partial charge in [-0.2, -0.15) is 0 Å². The van der Waals surface area contributed by atoms with E-state index >= 15 is 0 Å². The summed E-state index contributed by atoms with van der Waals surface area (Å²) in [6.45, 7) is 2.65. The summed E-state index contributed by atoms with van der Waals surface area (Å²) in [6, 6.07) is 7.40. The van der Waals surface area contributed by atoms with Crippen LogP contribution in [-0.2, 0) is 16.6 Å². The van der Waals surface area contributed by atoms with Crippen LogP contribution in [0, 0.1) is 0 Å². The van der Waals surface area contributed by atoms with Gasteiger partial charge in [0.25, 0.3) is 0 Å². The largest absolute Gasteiger partial charge is 0.304 e. The number of benzene rings is 1. The molecule has 20 heavy (non-hydrogen) atoms. The van der Waals surface area contributed by atoms with E-state index in [2.05, 4.69) is 20.2 Å². The maximum absolute atomic E-state index is 11.2. The molecule has 0 saturated heterocycles. The Balaban J connectivity index is 2.02. The van der Waals surface area contributed by atoms with Crippen molar-refractivity contribution in [2.24, 2.45) is 0 Å². The van der Waals surface area contributed by atoms with Crippen LogP contribution < -0.4 is 10.0 Å². The predicted octanol–water partition coefficient (Wildman–Crippen LogP) is 1.76. The van der Waals surface area contributed by atoms with Crippen molar-refractivity contribution in [2.75, 3.05) is 11.0 Å². The van der Waals surface area contributed by atoms with Gasteiger partial charge in [0.1, 0.15) is 10.5 Å². The van der Waals surface area contributed by atoms with Crippen LogP contribution in [-0.4, -0.2) is 24.9 Å². The molecular formula is C12H16N4O2S2. The van der Waals surface area contributed by atoms with Crippen molar-refractivity contribution in [1.29, 1.82) is 0 Å². The van der Waals surface area contributed by atoms with Crippen LogP contribution in [0.2, 0.25) is 0 Å². The van der Waals surface area contributed by atoms with Crippen LogP contribution in [0.3, 0.4) is 0 Å². The summed E-state index contributed by atoms with van der Waals surface area (Å²) in [7, 11) is -3.25. The third kappa shape index (κ3) is 4.55. The van der Waals surface area contributed by atoms with E-state index in [0.717, 1.165) is 16.8 Å². The molecule has 8 heteroatoms. The lowest BCUT2D eigenvalue weighted by molar-refractivity contribution is 0.571. The highest BCUT2D eigenvalue weighted by Crippen LogP contribution is 2.18. The first-order valence-electron chi connectivity index (χ1n) is 6.00. The van der Waals surface area contributed by atoms with Crippen LogP contribution in [0.5, 0.6) is 0 Å². The van der Waals surface area contributed by atoms with E-state index in [1.54, 1.807) is 11.6 Å². The standard InChI is InChI=1S/C12H16N4O2S2/c1-9(13-7-12-15-14-8-19-12)10-4-3-5-11(6-10)16-20(2,17)18/h3-6,8-9,13,16H,7H2,1-2H3. The minimum absolute atomic E-state index is 0.0835. The molecule has 0 saturated carbocycles. The summed E-state index contributed by atoms with van der Waals surface area (Å²) in [6.07, 6.45) is 1.14. The number of nitrogens with zero attached hydrogens (tertiary/aromatic N) is 2. The van der Waals surface area contributed by atoms with Gasteiger partial charge in [0.05, 0.1) is 12.8 Å². The van der Waals surface area contributed by atoms with Gasteiger partial charge in [-0.25, -0.2) is 8.42 Å². The Morgan fingerprint density at radius 3 is 2.85 bits per heavy atom. The molecule has 0 spiro atoms. The minimum Gasteiger partial charge on any atom is -0.304 e. The summed E-state index contributed by atoms with van der Waals surface area (Å²) in [5, 5.41) is 12.0. The zero-order valence-electron chi connectivity index (χ0n) is 11.2. The highest BCUT2D eigenvalue weighted by atomic mass is 32.2. The molecule has 108 valence electrons. The summed E-state index contributed by atoms with van der Waals surface area (Å²) < 4.78 is 24.9. The zero-order chi connectivity index (χ0) is 14.6. The Morgan fingerprint density at radius 1 is 1.40 bits per heavy atom. The minimum atomic E-state index is -3.25. The first kappa shape index (κ1) is 14.9. The molecule has 2 aromatic rings. The van der Waals surface area contributed by atoms with Gasteiger partial charge in [0.15, 0.2) is 0 Å². The fourth-order valence-corrected chi connectivity index (χ4v) is 2.75. The second kappa shape index (κ2) is 6.29. The fraction of sp³-hybridized carbons (Fsp3) is 0.333. The van der Waals surface area contributed by atoms with Gasteiger partial charge in [-0.3, -0.25) is 4.72 Å². The number of anilines is 1. The smallest absolute Gasteiger partial charge is 0.229 e. The van der Waals surface area contributed by atoms with Crippen molar-refractivity contribution in [3.05, 3.63) is 40.3 Å².